The van der Waals surface area contributed by atoms with Crippen LogP contribution < -0.4 is 5.73 Å². The second kappa shape index (κ2) is 4.28. The van der Waals surface area contributed by atoms with Crippen LogP contribution in [0, 0.1) is 5.92 Å². The third-order valence-electron chi connectivity index (χ3n) is 2.34. The SMILES string of the molecule is Nc1nnc(SCC2CCCC2)s1. The second-order valence-corrected chi connectivity index (χ2v) is 5.64. The normalized spacial score (nSPS) is 18.2. The molecule has 1 saturated carbocycles. The van der Waals surface area contributed by atoms with E-state index in [1.165, 1.54) is 42.8 Å². The van der Waals surface area contributed by atoms with Crippen LogP contribution in [0.15, 0.2) is 4.34 Å². The van der Waals surface area contributed by atoms with Crippen LogP contribution in [0.2, 0.25) is 0 Å². The molecule has 0 unspecified atom stereocenters. The van der Waals surface area contributed by atoms with Crippen LogP contribution in [0.5, 0.6) is 0 Å². The highest BCUT2D eigenvalue weighted by atomic mass is 32.2. The maximum Gasteiger partial charge on any atom is 0.203 e. The number of thioether (sulfide) groups is 1. The molecule has 72 valence electrons. The van der Waals surface area contributed by atoms with E-state index in [0.717, 1.165) is 10.3 Å². The van der Waals surface area contributed by atoms with Gasteiger partial charge in [0.15, 0.2) is 4.34 Å². The summed E-state index contributed by atoms with van der Waals surface area (Å²) < 4.78 is 1.02. The highest BCUT2D eigenvalue weighted by molar-refractivity contribution is 8.01. The first kappa shape index (κ1) is 9.27. The van der Waals surface area contributed by atoms with E-state index in [9.17, 15) is 0 Å². The molecule has 0 spiro atoms. The van der Waals surface area contributed by atoms with Gasteiger partial charge in [-0.15, -0.1) is 10.2 Å². The molecule has 1 fully saturated rings. The zero-order chi connectivity index (χ0) is 9.10. The van der Waals surface area contributed by atoms with Crippen LogP contribution in [0.1, 0.15) is 25.7 Å². The first-order valence-electron chi connectivity index (χ1n) is 4.56. The van der Waals surface area contributed by atoms with Crippen molar-refractivity contribution in [2.24, 2.45) is 5.92 Å². The molecule has 13 heavy (non-hydrogen) atoms. The van der Waals surface area contributed by atoms with E-state index in [1.807, 2.05) is 0 Å². The molecule has 0 radical (unpaired) electrons. The Hall–Kier alpha value is -0.290. The number of hydrogen-bond donors (Lipinski definition) is 1. The van der Waals surface area contributed by atoms with Gasteiger partial charge in [0.25, 0.3) is 0 Å². The fourth-order valence-corrected chi connectivity index (χ4v) is 3.49. The van der Waals surface area contributed by atoms with Crippen molar-refractivity contribution in [3.05, 3.63) is 0 Å². The van der Waals surface area contributed by atoms with Crippen LogP contribution in [-0.2, 0) is 0 Å². The lowest BCUT2D eigenvalue weighted by atomic mass is 10.1. The Bertz CT molecular complexity index is 268. The van der Waals surface area contributed by atoms with Crippen molar-refractivity contribution in [3.8, 4) is 0 Å². The highest BCUT2D eigenvalue weighted by Gasteiger charge is 2.15. The average molecular weight is 215 g/mol. The lowest BCUT2D eigenvalue weighted by molar-refractivity contribution is 0.623. The first-order chi connectivity index (χ1) is 6.34. The summed E-state index contributed by atoms with van der Waals surface area (Å²) in [5.41, 5.74) is 5.49. The molecule has 0 saturated heterocycles. The molecular formula is C8H13N3S2. The molecule has 3 nitrogen and oxygen atoms in total. The average Bonchev–Trinajstić information content (AvgIpc) is 2.71. The molecule has 1 aliphatic carbocycles. The zero-order valence-electron chi connectivity index (χ0n) is 7.40. The number of aromatic nitrogens is 2. The number of hydrogen-bond acceptors (Lipinski definition) is 5. The predicted molar refractivity (Wildman–Crippen MR) is 57.0 cm³/mol. The maximum atomic E-state index is 5.49. The van der Waals surface area contributed by atoms with E-state index >= 15 is 0 Å². The number of nitrogen functional groups attached to an aromatic ring is 1. The Morgan fingerprint density at radius 1 is 1.38 bits per heavy atom. The Balaban J connectivity index is 1.78. The summed E-state index contributed by atoms with van der Waals surface area (Å²) in [7, 11) is 0. The van der Waals surface area contributed by atoms with E-state index < -0.39 is 0 Å². The highest BCUT2D eigenvalue weighted by Crippen LogP contribution is 2.32. The topological polar surface area (TPSA) is 51.8 Å². The van der Waals surface area contributed by atoms with Gasteiger partial charge in [-0.1, -0.05) is 35.9 Å². The van der Waals surface area contributed by atoms with Gasteiger partial charge in [-0.05, 0) is 18.8 Å². The fourth-order valence-electron chi connectivity index (χ4n) is 1.64. The maximum absolute atomic E-state index is 5.49. The Morgan fingerprint density at radius 2 is 2.15 bits per heavy atom. The molecule has 0 aliphatic heterocycles. The number of nitrogens with zero attached hydrogens (tertiary/aromatic N) is 2. The minimum absolute atomic E-state index is 0.578. The van der Waals surface area contributed by atoms with Gasteiger partial charge in [0.1, 0.15) is 0 Å². The monoisotopic (exact) mass is 215 g/mol. The summed E-state index contributed by atoms with van der Waals surface area (Å²) in [4.78, 5) is 0. The molecule has 2 N–H and O–H groups in total. The van der Waals surface area contributed by atoms with Crippen molar-refractivity contribution in [2.45, 2.75) is 30.0 Å². The number of anilines is 1. The van der Waals surface area contributed by atoms with Crippen molar-refractivity contribution in [1.29, 1.82) is 0 Å². The van der Waals surface area contributed by atoms with Crippen LogP contribution in [-0.4, -0.2) is 16.0 Å². The summed E-state index contributed by atoms with van der Waals surface area (Å²) in [6.07, 6.45) is 5.59. The Morgan fingerprint density at radius 3 is 2.77 bits per heavy atom. The number of nitrogens with two attached hydrogens (primary N) is 1. The van der Waals surface area contributed by atoms with Gasteiger partial charge in [0.05, 0.1) is 0 Å². The summed E-state index contributed by atoms with van der Waals surface area (Å²) >= 11 is 3.29. The fraction of sp³-hybridized carbons (Fsp3) is 0.750. The first-order valence-corrected chi connectivity index (χ1v) is 6.36. The Kier molecular flexibility index (Phi) is 3.05. The van der Waals surface area contributed by atoms with Crippen LogP contribution in [0.4, 0.5) is 5.13 Å². The molecule has 1 aromatic rings. The van der Waals surface area contributed by atoms with Gasteiger partial charge in [-0.2, -0.15) is 0 Å². The molecule has 1 aliphatic rings. The van der Waals surface area contributed by atoms with E-state index in [-0.39, 0.29) is 0 Å². The van der Waals surface area contributed by atoms with Gasteiger partial charge in [0.2, 0.25) is 5.13 Å². The van der Waals surface area contributed by atoms with E-state index in [2.05, 4.69) is 10.2 Å². The smallest absolute Gasteiger partial charge is 0.203 e. The van der Waals surface area contributed by atoms with Gasteiger partial charge in [0, 0.05) is 5.75 Å². The van der Waals surface area contributed by atoms with Crippen LogP contribution in [0.25, 0.3) is 0 Å². The van der Waals surface area contributed by atoms with Gasteiger partial charge < -0.3 is 5.73 Å². The lowest BCUT2D eigenvalue weighted by Gasteiger charge is -2.04. The van der Waals surface area contributed by atoms with Crippen molar-refractivity contribution in [3.63, 3.8) is 0 Å². The molecule has 0 aromatic carbocycles. The molecule has 0 bridgehead atoms. The molecule has 1 heterocycles. The zero-order valence-corrected chi connectivity index (χ0v) is 9.03. The van der Waals surface area contributed by atoms with Gasteiger partial charge in [-0.25, -0.2) is 0 Å². The van der Waals surface area contributed by atoms with Crippen LogP contribution in [0.3, 0.4) is 0 Å². The van der Waals surface area contributed by atoms with E-state index in [4.69, 9.17) is 5.73 Å². The largest absolute Gasteiger partial charge is 0.374 e. The van der Waals surface area contributed by atoms with Gasteiger partial charge in [-0.3, -0.25) is 0 Å². The quantitative estimate of drug-likeness (QED) is 0.787. The van der Waals surface area contributed by atoms with Crippen molar-refractivity contribution in [1.82, 2.24) is 10.2 Å². The minimum Gasteiger partial charge on any atom is -0.374 e. The summed E-state index contributed by atoms with van der Waals surface area (Å²) in [5.74, 6) is 2.09. The number of rotatable bonds is 3. The molecule has 2 rings (SSSR count). The molecule has 5 heteroatoms. The standard InChI is InChI=1S/C8H13N3S2/c9-7-10-11-8(13-7)12-5-6-3-1-2-4-6/h6H,1-5H2,(H2,9,10). The summed E-state index contributed by atoms with van der Waals surface area (Å²) in [5, 5.41) is 8.35. The van der Waals surface area contributed by atoms with Crippen LogP contribution >= 0.6 is 23.1 Å². The van der Waals surface area contributed by atoms with Crippen molar-refractivity contribution < 1.29 is 0 Å². The second-order valence-electron chi connectivity index (χ2n) is 3.37. The molecule has 1 aromatic heterocycles. The third kappa shape index (κ3) is 2.57. The summed E-state index contributed by atoms with van der Waals surface area (Å²) in [6, 6.07) is 0. The summed E-state index contributed by atoms with van der Waals surface area (Å²) in [6.45, 7) is 0. The van der Waals surface area contributed by atoms with Gasteiger partial charge >= 0.3 is 0 Å². The molecular weight excluding hydrogens is 202 g/mol. The molecule has 0 atom stereocenters. The minimum atomic E-state index is 0.578. The third-order valence-corrected chi connectivity index (χ3v) is 4.46. The van der Waals surface area contributed by atoms with E-state index in [0.29, 0.717) is 5.13 Å². The van der Waals surface area contributed by atoms with E-state index in [1.54, 1.807) is 11.8 Å². The Labute approximate surface area is 86.1 Å². The van der Waals surface area contributed by atoms with Crippen molar-refractivity contribution in [2.75, 3.05) is 11.5 Å². The van der Waals surface area contributed by atoms with Crippen molar-refractivity contribution >= 4 is 28.2 Å². The predicted octanol–water partition coefficient (Wildman–Crippen LogP) is 2.40. The lowest BCUT2D eigenvalue weighted by Crippen LogP contribution is -1.95. The molecule has 0 amide bonds.